The second-order valence-corrected chi connectivity index (χ2v) is 12.8. The first kappa shape index (κ1) is 30.1. The van der Waals surface area contributed by atoms with Gasteiger partial charge in [-0.25, -0.2) is 15.0 Å². The van der Waals surface area contributed by atoms with Crippen molar-refractivity contribution in [2.75, 3.05) is 42.2 Å². The van der Waals surface area contributed by atoms with E-state index in [1.807, 2.05) is 55.6 Å². The number of para-hydroxylation sites is 1. The minimum absolute atomic E-state index is 0.118. The monoisotopic (exact) mass is 599 g/mol. The summed E-state index contributed by atoms with van der Waals surface area (Å²) in [5.41, 5.74) is 7.15. The van der Waals surface area contributed by atoms with Crippen LogP contribution < -0.4 is 20.9 Å². The first-order chi connectivity index (χ1) is 21.7. The molecule has 4 heterocycles. The lowest BCUT2D eigenvalue weighted by atomic mass is 9.96. The zero-order valence-electron chi connectivity index (χ0n) is 26.7. The summed E-state index contributed by atoms with van der Waals surface area (Å²) >= 11 is 0. The fraction of sp³-hybridized carbons (Fsp3) is 0.333. The second-order valence-electron chi connectivity index (χ2n) is 12.8. The number of anilines is 5. The van der Waals surface area contributed by atoms with Crippen molar-refractivity contribution in [3.05, 3.63) is 89.9 Å². The number of nitrogens with zero attached hydrogens (tertiary/aromatic N) is 6. The fourth-order valence-corrected chi connectivity index (χ4v) is 6.09. The first-order valence-corrected chi connectivity index (χ1v) is 15.6. The predicted octanol–water partition coefficient (Wildman–Crippen LogP) is 6.89. The summed E-state index contributed by atoms with van der Waals surface area (Å²) in [6.45, 7) is 11.4. The van der Waals surface area contributed by atoms with Crippen LogP contribution in [0.1, 0.15) is 50.4 Å². The van der Waals surface area contributed by atoms with Crippen molar-refractivity contribution in [2.24, 2.45) is 0 Å². The minimum atomic E-state index is 0.118. The van der Waals surface area contributed by atoms with Gasteiger partial charge in [0.2, 0.25) is 5.95 Å². The standard InChI is InChI=1S/C36H41N9/c1-24-21-26(12-13-30(24)42-35-39-18-14-31(43-35)25-9-8-17-38-23-25)40-34-29(22-37)33(28-10-6-7-11-32(28)41-34)45-19-15-27(16-20-45)44(5)36(2,3)4/h6-14,18,21,23,27,38H,15-17,19-20H2,1-5H3,(H,40,41)(H,39,42,43). The van der Waals surface area contributed by atoms with Gasteiger partial charge in [-0.05, 0) is 83.5 Å². The highest BCUT2D eigenvalue weighted by Crippen LogP contribution is 2.37. The summed E-state index contributed by atoms with van der Waals surface area (Å²) in [5.74, 6) is 1.10. The Kier molecular flexibility index (Phi) is 8.42. The molecule has 0 spiro atoms. The highest BCUT2D eigenvalue weighted by atomic mass is 15.2. The molecule has 9 nitrogen and oxygen atoms in total. The average molecular weight is 600 g/mol. The summed E-state index contributed by atoms with van der Waals surface area (Å²) in [6.07, 6.45) is 9.95. The quantitative estimate of drug-likeness (QED) is 0.209. The topological polar surface area (TPSA) is 105 Å². The van der Waals surface area contributed by atoms with Crippen LogP contribution in [0.4, 0.5) is 28.8 Å². The van der Waals surface area contributed by atoms with Gasteiger partial charge in [0.25, 0.3) is 0 Å². The zero-order chi connectivity index (χ0) is 31.6. The van der Waals surface area contributed by atoms with E-state index in [2.05, 4.69) is 82.8 Å². The number of nitriles is 1. The lowest BCUT2D eigenvalue weighted by Crippen LogP contribution is -2.50. The van der Waals surface area contributed by atoms with Crippen LogP contribution in [0.25, 0.3) is 16.5 Å². The van der Waals surface area contributed by atoms with Gasteiger partial charge in [-0.2, -0.15) is 5.26 Å². The van der Waals surface area contributed by atoms with Crippen LogP contribution in [0.2, 0.25) is 0 Å². The number of nitrogens with one attached hydrogen (secondary N) is 3. The van der Waals surface area contributed by atoms with Gasteiger partial charge in [0.1, 0.15) is 11.6 Å². The predicted molar refractivity (Wildman–Crippen MR) is 184 cm³/mol. The lowest BCUT2D eigenvalue weighted by molar-refractivity contribution is 0.0997. The van der Waals surface area contributed by atoms with E-state index in [1.165, 1.54) is 0 Å². The Hall–Kier alpha value is -4.94. The summed E-state index contributed by atoms with van der Waals surface area (Å²) in [4.78, 5) is 18.9. The number of aromatic nitrogens is 3. The number of piperidine rings is 1. The van der Waals surface area contributed by atoms with Crippen LogP contribution >= 0.6 is 0 Å². The molecule has 0 aliphatic carbocycles. The number of hydrogen-bond acceptors (Lipinski definition) is 9. The maximum Gasteiger partial charge on any atom is 0.227 e. The maximum atomic E-state index is 10.5. The smallest absolute Gasteiger partial charge is 0.227 e. The van der Waals surface area contributed by atoms with E-state index in [9.17, 15) is 5.26 Å². The van der Waals surface area contributed by atoms with Crippen LogP contribution in [0.15, 0.2) is 73.1 Å². The minimum Gasteiger partial charge on any atom is -0.387 e. The van der Waals surface area contributed by atoms with Crippen molar-refractivity contribution < 1.29 is 0 Å². The number of rotatable bonds is 7. The third-order valence-electron chi connectivity index (χ3n) is 8.84. The first-order valence-electron chi connectivity index (χ1n) is 15.6. The number of fused-ring (bicyclic) bond motifs is 1. The molecule has 9 heteroatoms. The van der Waals surface area contributed by atoms with Crippen molar-refractivity contribution in [3.8, 4) is 6.07 Å². The number of benzene rings is 2. The molecular weight excluding hydrogens is 558 g/mol. The van der Waals surface area contributed by atoms with E-state index < -0.39 is 0 Å². The number of pyridine rings is 1. The van der Waals surface area contributed by atoms with Gasteiger partial charge in [-0.15, -0.1) is 0 Å². The molecule has 0 bridgehead atoms. The maximum absolute atomic E-state index is 10.5. The molecule has 0 amide bonds. The highest BCUT2D eigenvalue weighted by Gasteiger charge is 2.30. The fourth-order valence-electron chi connectivity index (χ4n) is 6.09. The molecule has 0 radical (unpaired) electrons. The van der Waals surface area contributed by atoms with Crippen molar-refractivity contribution in [1.29, 1.82) is 5.26 Å². The number of allylic oxidation sites excluding steroid dienone is 2. The molecule has 2 aromatic heterocycles. The van der Waals surface area contributed by atoms with E-state index in [1.54, 1.807) is 6.20 Å². The van der Waals surface area contributed by atoms with E-state index >= 15 is 0 Å². The highest BCUT2D eigenvalue weighted by molar-refractivity contribution is 5.98. The zero-order valence-corrected chi connectivity index (χ0v) is 26.7. The summed E-state index contributed by atoms with van der Waals surface area (Å²) in [5, 5.41) is 21.6. The van der Waals surface area contributed by atoms with Crippen LogP contribution in [0.3, 0.4) is 0 Å². The Balaban J connectivity index is 1.25. The summed E-state index contributed by atoms with van der Waals surface area (Å²) in [7, 11) is 2.22. The molecule has 1 fully saturated rings. The molecule has 2 aliphatic rings. The van der Waals surface area contributed by atoms with Gasteiger partial charge >= 0.3 is 0 Å². The van der Waals surface area contributed by atoms with Crippen LogP contribution in [0.5, 0.6) is 0 Å². The normalized spacial score (nSPS) is 15.5. The number of dihydropyridines is 1. The second kappa shape index (κ2) is 12.6. The molecule has 3 N–H and O–H groups in total. The van der Waals surface area contributed by atoms with Gasteiger partial charge in [0, 0.05) is 65.9 Å². The average Bonchev–Trinajstić information content (AvgIpc) is 3.05. The van der Waals surface area contributed by atoms with Gasteiger partial charge in [-0.1, -0.05) is 30.4 Å². The van der Waals surface area contributed by atoms with E-state index in [4.69, 9.17) is 9.97 Å². The molecule has 4 aromatic rings. The van der Waals surface area contributed by atoms with Gasteiger partial charge in [0.15, 0.2) is 5.82 Å². The molecule has 0 saturated carbocycles. The Morgan fingerprint density at radius 3 is 2.56 bits per heavy atom. The van der Waals surface area contributed by atoms with Crippen molar-refractivity contribution >= 4 is 45.3 Å². The molecule has 1 saturated heterocycles. The molecule has 0 atom stereocenters. The Morgan fingerprint density at radius 2 is 1.84 bits per heavy atom. The van der Waals surface area contributed by atoms with Gasteiger partial charge in [-0.3, -0.25) is 4.90 Å². The Morgan fingerprint density at radius 1 is 1.04 bits per heavy atom. The van der Waals surface area contributed by atoms with Gasteiger partial charge in [0.05, 0.1) is 16.9 Å². The van der Waals surface area contributed by atoms with Crippen molar-refractivity contribution in [3.63, 3.8) is 0 Å². The van der Waals surface area contributed by atoms with Crippen LogP contribution in [-0.4, -0.2) is 58.1 Å². The molecule has 2 aliphatic heterocycles. The molecule has 230 valence electrons. The van der Waals surface area contributed by atoms with Crippen LogP contribution in [0, 0.1) is 18.3 Å². The van der Waals surface area contributed by atoms with E-state index in [-0.39, 0.29) is 5.54 Å². The van der Waals surface area contributed by atoms with Crippen molar-refractivity contribution in [1.82, 2.24) is 25.2 Å². The largest absolute Gasteiger partial charge is 0.387 e. The number of aryl methyl sites for hydroxylation is 1. The molecular formula is C36H41N9. The third-order valence-corrected chi connectivity index (χ3v) is 8.84. The molecule has 0 unspecified atom stereocenters. The molecule has 6 rings (SSSR count). The molecule has 2 aromatic carbocycles. The summed E-state index contributed by atoms with van der Waals surface area (Å²) < 4.78 is 0. The molecule has 45 heavy (non-hydrogen) atoms. The van der Waals surface area contributed by atoms with Crippen LogP contribution in [-0.2, 0) is 0 Å². The number of hydrogen-bond donors (Lipinski definition) is 3. The Labute approximate surface area is 265 Å². The Bertz CT molecular complexity index is 1800. The lowest BCUT2D eigenvalue weighted by Gasteiger charge is -2.44. The summed E-state index contributed by atoms with van der Waals surface area (Å²) in [6, 6.07) is 19.1. The third kappa shape index (κ3) is 6.47. The van der Waals surface area contributed by atoms with Crippen molar-refractivity contribution in [2.45, 2.75) is 52.1 Å². The van der Waals surface area contributed by atoms with Gasteiger partial charge < -0.3 is 20.9 Å². The SMILES string of the molecule is Cc1cc(Nc2nc3ccccc3c(N3CCC(N(C)C(C)(C)C)CC3)c2C#N)ccc1Nc1nccc(C2=CNCC=C2)n1. The van der Waals surface area contributed by atoms with E-state index in [0.717, 1.165) is 77.3 Å². The van der Waals surface area contributed by atoms with E-state index in [0.29, 0.717) is 23.4 Å².